The lowest BCUT2D eigenvalue weighted by atomic mass is 9.93. The Morgan fingerprint density at radius 1 is 1.43 bits per heavy atom. The molecule has 0 amide bonds. The van der Waals surface area contributed by atoms with Gasteiger partial charge in [-0.05, 0) is 38.7 Å². The Morgan fingerprint density at radius 3 is 2.83 bits per heavy atom. The third-order valence-electron chi connectivity index (χ3n) is 4.70. The average molecular weight is 338 g/mol. The fourth-order valence-corrected chi connectivity index (χ4v) is 4.66. The number of nitro groups is 1. The second-order valence-corrected chi connectivity index (χ2v) is 8.35. The summed E-state index contributed by atoms with van der Waals surface area (Å²) in [4.78, 5) is 10.8. The lowest BCUT2D eigenvalue weighted by Crippen LogP contribution is -2.39. The maximum Gasteiger partial charge on any atom is 0.272 e. The van der Waals surface area contributed by atoms with Crippen LogP contribution in [-0.4, -0.2) is 26.2 Å². The summed E-state index contributed by atoms with van der Waals surface area (Å²) in [6.07, 6.45) is 4.15. The van der Waals surface area contributed by atoms with Gasteiger partial charge in [-0.1, -0.05) is 25.5 Å². The lowest BCUT2D eigenvalue weighted by Gasteiger charge is -2.31. The highest BCUT2D eigenvalue weighted by Gasteiger charge is 2.26. The summed E-state index contributed by atoms with van der Waals surface area (Å²) in [5.74, 6) is 0.719. The van der Waals surface area contributed by atoms with E-state index in [1.807, 2.05) is 26.0 Å². The Labute approximate surface area is 140 Å². The van der Waals surface area contributed by atoms with Gasteiger partial charge >= 0.3 is 0 Å². The molecular weight excluding hydrogens is 312 g/mol. The largest absolute Gasteiger partial charge is 0.307 e. The number of nitro benzene ring substituents is 1. The van der Waals surface area contributed by atoms with Crippen LogP contribution >= 0.6 is 0 Å². The fraction of sp³-hybridized carbons (Fsp3) is 0.647. The first-order valence-corrected chi connectivity index (χ1v) is 9.68. The van der Waals surface area contributed by atoms with Crippen LogP contribution in [0.25, 0.3) is 0 Å². The molecule has 2 rings (SSSR count). The molecule has 1 saturated carbocycles. The zero-order valence-electron chi connectivity index (χ0n) is 14.1. The van der Waals surface area contributed by atoms with E-state index < -0.39 is 10.8 Å². The molecule has 128 valence electrons. The van der Waals surface area contributed by atoms with Crippen LogP contribution in [0.2, 0.25) is 0 Å². The van der Waals surface area contributed by atoms with E-state index in [2.05, 4.69) is 5.32 Å². The summed E-state index contributed by atoms with van der Waals surface area (Å²) >= 11 is 0. The number of rotatable bonds is 6. The monoisotopic (exact) mass is 338 g/mol. The Balaban J connectivity index is 2.04. The highest BCUT2D eigenvalue weighted by atomic mass is 32.2. The van der Waals surface area contributed by atoms with Gasteiger partial charge in [-0.25, -0.2) is 0 Å². The Kier molecular flexibility index (Phi) is 6.30. The SMILES string of the molecule is CCS(=O)C1CCCC(NC(C)c2ccc(C)c([N+](=O)[O-])c2)C1. The molecule has 1 aliphatic carbocycles. The van der Waals surface area contributed by atoms with Crippen molar-refractivity contribution in [2.45, 2.75) is 63.8 Å². The molecule has 0 aromatic heterocycles. The summed E-state index contributed by atoms with van der Waals surface area (Å²) in [5.41, 5.74) is 1.79. The molecule has 1 fully saturated rings. The van der Waals surface area contributed by atoms with Gasteiger partial charge in [0, 0.05) is 45.5 Å². The maximum absolute atomic E-state index is 12.0. The minimum atomic E-state index is -0.736. The summed E-state index contributed by atoms with van der Waals surface area (Å²) in [5, 5.41) is 14.9. The van der Waals surface area contributed by atoms with Crippen molar-refractivity contribution < 1.29 is 9.13 Å². The molecule has 6 heteroatoms. The van der Waals surface area contributed by atoms with Crippen molar-refractivity contribution in [2.24, 2.45) is 0 Å². The number of aryl methyl sites for hydroxylation is 1. The average Bonchev–Trinajstić information content (AvgIpc) is 2.54. The molecule has 4 atom stereocenters. The quantitative estimate of drug-likeness (QED) is 0.635. The molecule has 0 saturated heterocycles. The van der Waals surface area contributed by atoms with Crippen molar-refractivity contribution in [3.05, 3.63) is 39.4 Å². The van der Waals surface area contributed by atoms with Crippen LogP contribution in [0.4, 0.5) is 5.69 Å². The van der Waals surface area contributed by atoms with E-state index >= 15 is 0 Å². The number of hydrogen-bond donors (Lipinski definition) is 1. The molecule has 0 heterocycles. The molecule has 1 aromatic carbocycles. The molecule has 0 aliphatic heterocycles. The molecule has 5 nitrogen and oxygen atoms in total. The van der Waals surface area contributed by atoms with Gasteiger partial charge in [0.15, 0.2) is 0 Å². The number of benzene rings is 1. The molecule has 1 aliphatic rings. The van der Waals surface area contributed by atoms with Crippen molar-refractivity contribution in [2.75, 3.05) is 5.75 Å². The van der Waals surface area contributed by atoms with E-state index in [-0.39, 0.29) is 21.9 Å². The minimum Gasteiger partial charge on any atom is -0.307 e. The van der Waals surface area contributed by atoms with Crippen molar-refractivity contribution in [3.8, 4) is 0 Å². The van der Waals surface area contributed by atoms with Crippen LogP contribution in [0, 0.1) is 17.0 Å². The highest BCUT2D eigenvalue weighted by Crippen LogP contribution is 2.27. The van der Waals surface area contributed by atoms with Crippen LogP contribution < -0.4 is 5.32 Å². The zero-order valence-corrected chi connectivity index (χ0v) is 14.9. The minimum absolute atomic E-state index is 0.0492. The van der Waals surface area contributed by atoms with Gasteiger partial charge in [0.1, 0.15) is 0 Å². The summed E-state index contributed by atoms with van der Waals surface area (Å²) in [7, 11) is -0.736. The molecular formula is C17H26N2O3S. The molecule has 4 unspecified atom stereocenters. The Morgan fingerprint density at radius 2 is 2.17 bits per heavy atom. The van der Waals surface area contributed by atoms with Gasteiger partial charge in [0.25, 0.3) is 5.69 Å². The summed E-state index contributed by atoms with van der Waals surface area (Å²) < 4.78 is 12.0. The van der Waals surface area contributed by atoms with E-state index in [1.54, 1.807) is 13.0 Å². The van der Waals surface area contributed by atoms with Gasteiger partial charge in [0.05, 0.1) is 4.92 Å². The second kappa shape index (κ2) is 8.02. The van der Waals surface area contributed by atoms with Crippen molar-refractivity contribution in [1.29, 1.82) is 0 Å². The van der Waals surface area contributed by atoms with Crippen LogP contribution in [0.5, 0.6) is 0 Å². The number of nitrogens with zero attached hydrogens (tertiary/aromatic N) is 1. The second-order valence-electron chi connectivity index (χ2n) is 6.35. The van der Waals surface area contributed by atoms with E-state index in [0.29, 0.717) is 11.6 Å². The number of nitrogens with one attached hydrogen (secondary N) is 1. The molecule has 0 spiro atoms. The first-order chi connectivity index (χ1) is 10.9. The van der Waals surface area contributed by atoms with Gasteiger partial charge < -0.3 is 5.32 Å². The molecule has 1 N–H and O–H groups in total. The topological polar surface area (TPSA) is 72.2 Å². The molecule has 0 bridgehead atoms. The highest BCUT2D eigenvalue weighted by molar-refractivity contribution is 7.85. The van der Waals surface area contributed by atoms with E-state index in [4.69, 9.17) is 0 Å². The normalized spacial score (nSPS) is 24.1. The molecule has 0 radical (unpaired) electrons. The van der Waals surface area contributed by atoms with E-state index in [9.17, 15) is 14.3 Å². The Bertz CT molecular complexity index is 591. The van der Waals surface area contributed by atoms with Crippen molar-refractivity contribution >= 4 is 16.5 Å². The predicted octanol–water partition coefficient (Wildman–Crippen LogP) is 3.63. The summed E-state index contributed by atoms with van der Waals surface area (Å²) in [6.45, 7) is 5.77. The molecule has 1 aromatic rings. The maximum atomic E-state index is 12.0. The lowest BCUT2D eigenvalue weighted by molar-refractivity contribution is -0.385. The Hall–Kier alpha value is -1.27. The third-order valence-corrected chi connectivity index (χ3v) is 6.44. The van der Waals surface area contributed by atoms with Crippen molar-refractivity contribution in [1.82, 2.24) is 5.32 Å². The van der Waals surface area contributed by atoms with Crippen LogP contribution in [0.3, 0.4) is 0 Å². The van der Waals surface area contributed by atoms with Gasteiger partial charge in [0.2, 0.25) is 0 Å². The van der Waals surface area contributed by atoms with Crippen LogP contribution in [0.15, 0.2) is 18.2 Å². The third kappa shape index (κ3) is 4.61. The predicted molar refractivity (Wildman–Crippen MR) is 94.1 cm³/mol. The first-order valence-electron chi connectivity index (χ1n) is 8.30. The first kappa shape index (κ1) is 18.1. The van der Waals surface area contributed by atoms with Gasteiger partial charge in [-0.15, -0.1) is 0 Å². The molecule has 23 heavy (non-hydrogen) atoms. The van der Waals surface area contributed by atoms with Gasteiger partial charge in [-0.2, -0.15) is 0 Å². The van der Waals surface area contributed by atoms with Crippen LogP contribution in [-0.2, 0) is 10.8 Å². The standard InChI is InChI=1S/C17H26N2O3S/c1-4-23(22)16-7-5-6-15(11-16)18-13(3)14-9-8-12(2)17(10-14)19(20)21/h8-10,13,15-16,18H,4-7,11H2,1-3H3. The summed E-state index contributed by atoms with van der Waals surface area (Å²) in [6, 6.07) is 5.80. The van der Waals surface area contributed by atoms with Crippen molar-refractivity contribution in [3.63, 3.8) is 0 Å². The van der Waals surface area contributed by atoms with E-state index in [0.717, 1.165) is 37.0 Å². The fourth-order valence-electron chi connectivity index (χ4n) is 3.31. The zero-order chi connectivity index (χ0) is 17.0. The number of hydrogen-bond acceptors (Lipinski definition) is 4. The van der Waals surface area contributed by atoms with E-state index in [1.165, 1.54) is 0 Å². The van der Waals surface area contributed by atoms with Gasteiger partial charge in [-0.3, -0.25) is 14.3 Å². The van der Waals surface area contributed by atoms with Crippen LogP contribution in [0.1, 0.15) is 56.7 Å². The smallest absolute Gasteiger partial charge is 0.272 e.